The van der Waals surface area contributed by atoms with Crippen molar-refractivity contribution in [3.63, 3.8) is 0 Å². The van der Waals surface area contributed by atoms with Gasteiger partial charge in [0.25, 0.3) is 0 Å². The average molecular weight is 236 g/mol. The molecule has 0 radical (unpaired) electrons. The molecule has 1 aromatic heterocycles. The van der Waals surface area contributed by atoms with E-state index in [0.717, 1.165) is 6.54 Å². The van der Waals surface area contributed by atoms with Crippen molar-refractivity contribution in [2.24, 2.45) is 5.92 Å². The van der Waals surface area contributed by atoms with Crippen LogP contribution in [0.15, 0.2) is 18.5 Å². The lowest BCUT2D eigenvalue weighted by Gasteiger charge is -2.18. The summed E-state index contributed by atoms with van der Waals surface area (Å²) in [5.41, 5.74) is 1.41. The van der Waals surface area contributed by atoms with E-state index in [1.165, 1.54) is 31.2 Å². The molecule has 2 heteroatoms. The molecule has 0 amide bonds. The van der Waals surface area contributed by atoms with Crippen LogP contribution in [0.2, 0.25) is 0 Å². The monoisotopic (exact) mass is 236 g/mol. The third-order valence-corrected chi connectivity index (χ3v) is 3.38. The fourth-order valence-corrected chi connectivity index (χ4v) is 2.39. The molecule has 0 saturated heterocycles. The Hall–Kier alpha value is -0.760. The van der Waals surface area contributed by atoms with Crippen molar-refractivity contribution in [1.82, 2.24) is 9.88 Å². The van der Waals surface area contributed by atoms with E-state index in [2.05, 4.69) is 49.1 Å². The number of hydrogen-bond donors (Lipinski definition) is 1. The van der Waals surface area contributed by atoms with Crippen molar-refractivity contribution in [2.45, 2.75) is 59.0 Å². The molecule has 0 spiro atoms. The summed E-state index contributed by atoms with van der Waals surface area (Å²) in [4.78, 5) is 0. The average Bonchev–Trinajstić information content (AvgIpc) is 2.74. The van der Waals surface area contributed by atoms with E-state index >= 15 is 0 Å². The van der Waals surface area contributed by atoms with Crippen LogP contribution in [-0.4, -0.2) is 11.6 Å². The van der Waals surface area contributed by atoms with Gasteiger partial charge >= 0.3 is 0 Å². The molecule has 1 heterocycles. The zero-order chi connectivity index (χ0) is 12.7. The largest absolute Gasteiger partial charge is 0.354 e. The van der Waals surface area contributed by atoms with Gasteiger partial charge in [-0.3, -0.25) is 0 Å². The van der Waals surface area contributed by atoms with E-state index in [4.69, 9.17) is 0 Å². The second kappa shape index (κ2) is 7.54. The molecule has 0 aliphatic heterocycles. The Labute approximate surface area is 106 Å². The molecule has 17 heavy (non-hydrogen) atoms. The summed E-state index contributed by atoms with van der Waals surface area (Å²) < 4.78 is 2.33. The van der Waals surface area contributed by atoms with E-state index in [1.54, 1.807) is 0 Å². The summed E-state index contributed by atoms with van der Waals surface area (Å²) in [6, 6.07) is 2.73. The summed E-state index contributed by atoms with van der Waals surface area (Å²) in [5, 5.41) is 3.39. The van der Waals surface area contributed by atoms with Crippen LogP contribution in [0.25, 0.3) is 0 Å². The Bertz CT molecular complexity index is 302. The van der Waals surface area contributed by atoms with Crippen LogP contribution in [0.3, 0.4) is 0 Å². The van der Waals surface area contributed by atoms with Gasteiger partial charge in [0.15, 0.2) is 0 Å². The minimum absolute atomic E-state index is 0.479. The van der Waals surface area contributed by atoms with Crippen molar-refractivity contribution >= 4 is 0 Å². The molecule has 0 fully saturated rings. The standard InChI is InChI=1S/C15H28N2/c1-5-6-7-8-10-17-11-9-14(12-17)15(16-4)13(2)3/h9,11-13,15-16H,5-8,10H2,1-4H3. The fourth-order valence-electron chi connectivity index (χ4n) is 2.39. The molecule has 0 saturated carbocycles. The predicted octanol–water partition coefficient (Wildman–Crippen LogP) is 3.98. The first-order valence-electron chi connectivity index (χ1n) is 7.02. The summed E-state index contributed by atoms with van der Waals surface area (Å²) in [6.07, 6.45) is 9.84. The maximum absolute atomic E-state index is 3.39. The van der Waals surface area contributed by atoms with E-state index < -0.39 is 0 Å². The molecule has 98 valence electrons. The Morgan fingerprint density at radius 1 is 1.24 bits per heavy atom. The Morgan fingerprint density at radius 2 is 2.00 bits per heavy atom. The maximum Gasteiger partial charge on any atom is 0.0355 e. The Morgan fingerprint density at radius 3 is 2.59 bits per heavy atom. The van der Waals surface area contributed by atoms with Gasteiger partial charge in [-0.25, -0.2) is 0 Å². The van der Waals surface area contributed by atoms with E-state index in [-0.39, 0.29) is 0 Å². The van der Waals surface area contributed by atoms with E-state index in [0.29, 0.717) is 12.0 Å². The van der Waals surface area contributed by atoms with Crippen molar-refractivity contribution in [2.75, 3.05) is 7.05 Å². The number of aromatic nitrogens is 1. The topological polar surface area (TPSA) is 17.0 Å². The highest BCUT2D eigenvalue weighted by Crippen LogP contribution is 2.21. The van der Waals surface area contributed by atoms with Gasteiger partial charge in [-0.2, -0.15) is 0 Å². The first kappa shape index (κ1) is 14.3. The lowest BCUT2D eigenvalue weighted by atomic mass is 9.99. The fraction of sp³-hybridized carbons (Fsp3) is 0.733. The molecular weight excluding hydrogens is 208 g/mol. The van der Waals surface area contributed by atoms with Crippen molar-refractivity contribution in [3.05, 3.63) is 24.0 Å². The Kier molecular flexibility index (Phi) is 6.35. The van der Waals surface area contributed by atoms with Gasteiger partial charge in [0.1, 0.15) is 0 Å². The number of aryl methyl sites for hydroxylation is 1. The highest BCUT2D eigenvalue weighted by Gasteiger charge is 2.14. The molecule has 0 bridgehead atoms. The van der Waals surface area contributed by atoms with Gasteiger partial charge < -0.3 is 9.88 Å². The van der Waals surface area contributed by atoms with E-state index in [9.17, 15) is 0 Å². The van der Waals surface area contributed by atoms with Gasteiger partial charge in [0.05, 0.1) is 0 Å². The van der Waals surface area contributed by atoms with Crippen LogP contribution in [0.4, 0.5) is 0 Å². The molecule has 0 aliphatic rings. The molecule has 0 aromatic carbocycles. The van der Waals surface area contributed by atoms with Gasteiger partial charge in [0.2, 0.25) is 0 Å². The van der Waals surface area contributed by atoms with Gasteiger partial charge in [-0.1, -0.05) is 40.0 Å². The molecule has 1 rings (SSSR count). The molecule has 1 atom stereocenters. The van der Waals surface area contributed by atoms with E-state index in [1.807, 2.05) is 7.05 Å². The summed E-state index contributed by atoms with van der Waals surface area (Å²) >= 11 is 0. The third kappa shape index (κ3) is 4.55. The summed E-state index contributed by atoms with van der Waals surface area (Å²) in [7, 11) is 2.04. The number of rotatable bonds is 8. The van der Waals surface area contributed by atoms with Crippen LogP contribution in [0, 0.1) is 5.92 Å². The number of nitrogens with one attached hydrogen (secondary N) is 1. The number of unbranched alkanes of at least 4 members (excludes halogenated alkanes) is 3. The number of hydrogen-bond acceptors (Lipinski definition) is 1. The van der Waals surface area contributed by atoms with Crippen molar-refractivity contribution in [3.8, 4) is 0 Å². The summed E-state index contributed by atoms with van der Waals surface area (Å²) in [5.74, 6) is 0.635. The minimum atomic E-state index is 0.479. The molecular formula is C15H28N2. The van der Waals surface area contributed by atoms with Crippen LogP contribution < -0.4 is 5.32 Å². The minimum Gasteiger partial charge on any atom is -0.354 e. The third-order valence-electron chi connectivity index (χ3n) is 3.38. The quantitative estimate of drug-likeness (QED) is 0.675. The highest BCUT2D eigenvalue weighted by atomic mass is 15.0. The maximum atomic E-state index is 3.39. The first-order chi connectivity index (χ1) is 8.19. The second-order valence-corrected chi connectivity index (χ2v) is 5.25. The molecule has 1 N–H and O–H groups in total. The van der Waals surface area contributed by atoms with Crippen LogP contribution in [0.1, 0.15) is 58.1 Å². The predicted molar refractivity (Wildman–Crippen MR) is 75.2 cm³/mol. The second-order valence-electron chi connectivity index (χ2n) is 5.25. The zero-order valence-corrected chi connectivity index (χ0v) is 11.9. The highest BCUT2D eigenvalue weighted by molar-refractivity contribution is 5.16. The normalized spacial score (nSPS) is 13.2. The SMILES string of the molecule is CCCCCCn1ccc(C(NC)C(C)C)c1. The molecule has 1 unspecified atom stereocenters. The summed E-state index contributed by atoms with van der Waals surface area (Å²) in [6.45, 7) is 7.95. The number of nitrogens with zero attached hydrogens (tertiary/aromatic N) is 1. The lowest BCUT2D eigenvalue weighted by molar-refractivity contribution is 0.442. The first-order valence-corrected chi connectivity index (χ1v) is 7.02. The van der Waals surface area contributed by atoms with Crippen molar-refractivity contribution < 1.29 is 0 Å². The van der Waals surface area contributed by atoms with Crippen molar-refractivity contribution in [1.29, 1.82) is 0 Å². The molecule has 2 nitrogen and oxygen atoms in total. The van der Waals surface area contributed by atoms with Gasteiger partial charge in [-0.15, -0.1) is 0 Å². The Balaban J connectivity index is 2.46. The zero-order valence-electron chi connectivity index (χ0n) is 11.9. The van der Waals surface area contributed by atoms with Crippen LogP contribution in [-0.2, 0) is 6.54 Å². The molecule has 1 aromatic rings. The van der Waals surface area contributed by atoms with Gasteiger partial charge in [-0.05, 0) is 31.0 Å². The lowest BCUT2D eigenvalue weighted by Crippen LogP contribution is -2.21. The van der Waals surface area contributed by atoms with Crippen LogP contribution >= 0.6 is 0 Å². The smallest absolute Gasteiger partial charge is 0.0355 e. The van der Waals surface area contributed by atoms with Crippen LogP contribution in [0.5, 0.6) is 0 Å². The van der Waals surface area contributed by atoms with Gasteiger partial charge in [0, 0.05) is 25.0 Å². The molecule has 0 aliphatic carbocycles.